The number of hydrogen-bond donors (Lipinski definition) is 3. The summed E-state index contributed by atoms with van der Waals surface area (Å²) in [7, 11) is 0. The minimum atomic E-state index is -0.923. The first-order chi connectivity index (χ1) is 11.0. The minimum Gasteiger partial charge on any atom is -0.387 e. The summed E-state index contributed by atoms with van der Waals surface area (Å²) in [6, 6.07) is 7.56. The molecule has 8 heteroatoms. The maximum atomic E-state index is 13.4. The third-order valence-electron chi connectivity index (χ3n) is 3.31. The standard InChI is InChI=1S/C15H13ClFN5O/c16-10-3-1-8(5-11(10)17)12(23)6-19-14-9-2-4-13(18)22-15(9)21-7-20-14/h1-5,7,12,23H,6H2,(H3,18,19,20,21,22). The van der Waals surface area contributed by atoms with Gasteiger partial charge in [-0.05, 0) is 29.8 Å². The molecule has 0 radical (unpaired) electrons. The number of benzene rings is 1. The molecule has 0 aliphatic carbocycles. The third-order valence-corrected chi connectivity index (χ3v) is 3.62. The Bertz CT molecular complexity index is 860. The van der Waals surface area contributed by atoms with Crippen molar-refractivity contribution in [2.45, 2.75) is 6.10 Å². The molecular weight excluding hydrogens is 321 g/mol. The van der Waals surface area contributed by atoms with Gasteiger partial charge < -0.3 is 16.2 Å². The van der Waals surface area contributed by atoms with Crippen LogP contribution >= 0.6 is 11.6 Å². The van der Waals surface area contributed by atoms with E-state index in [1.54, 1.807) is 18.2 Å². The summed E-state index contributed by atoms with van der Waals surface area (Å²) in [5, 5.41) is 13.9. The van der Waals surface area contributed by atoms with Crippen molar-refractivity contribution in [1.29, 1.82) is 0 Å². The molecule has 6 nitrogen and oxygen atoms in total. The first-order valence-electron chi connectivity index (χ1n) is 6.78. The molecular formula is C15H13ClFN5O. The van der Waals surface area contributed by atoms with Crippen LogP contribution in [0.4, 0.5) is 16.0 Å². The summed E-state index contributed by atoms with van der Waals surface area (Å²) >= 11 is 5.63. The maximum Gasteiger partial charge on any atom is 0.166 e. The number of nitrogen functional groups attached to an aromatic ring is 1. The Morgan fingerprint density at radius 2 is 2.09 bits per heavy atom. The van der Waals surface area contributed by atoms with Crippen LogP contribution in [0.3, 0.4) is 0 Å². The van der Waals surface area contributed by atoms with Crippen LogP contribution in [0.15, 0.2) is 36.7 Å². The van der Waals surface area contributed by atoms with Crippen LogP contribution < -0.4 is 11.1 Å². The van der Waals surface area contributed by atoms with Crippen LogP contribution in [-0.2, 0) is 0 Å². The number of rotatable bonds is 4. The number of anilines is 2. The van der Waals surface area contributed by atoms with Crippen molar-refractivity contribution in [3.05, 3.63) is 53.1 Å². The quantitative estimate of drug-likeness (QED) is 0.679. The van der Waals surface area contributed by atoms with Gasteiger partial charge in [0.05, 0.1) is 16.5 Å². The van der Waals surface area contributed by atoms with Gasteiger partial charge in [0.2, 0.25) is 0 Å². The Hall–Kier alpha value is -2.51. The third kappa shape index (κ3) is 3.30. The van der Waals surface area contributed by atoms with Crippen molar-refractivity contribution in [3.8, 4) is 0 Å². The van der Waals surface area contributed by atoms with Crippen LogP contribution in [0.2, 0.25) is 5.02 Å². The minimum absolute atomic E-state index is 0.0133. The fourth-order valence-corrected chi connectivity index (χ4v) is 2.25. The molecule has 0 aliphatic heterocycles. The molecule has 2 heterocycles. The summed E-state index contributed by atoms with van der Waals surface area (Å²) in [6.45, 7) is 0.136. The van der Waals surface area contributed by atoms with Gasteiger partial charge in [-0.25, -0.2) is 19.3 Å². The molecule has 2 aromatic heterocycles. The molecule has 0 amide bonds. The Balaban J connectivity index is 1.79. The number of nitrogens with two attached hydrogens (primary N) is 1. The van der Waals surface area contributed by atoms with Gasteiger partial charge >= 0.3 is 0 Å². The largest absolute Gasteiger partial charge is 0.387 e. The number of aliphatic hydroxyl groups excluding tert-OH is 1. The number of pyridine rings is 1. The molecule has 1 unspecified atom stereocenters. The van der Waals surface area contributed by atoms with E-state index in [-0.39, 0.29) is 11.6 Å². The Labute approximate surface area is 136 Å². The van der Waals surface area contributed by atoms with E-state index >= 15 is 0 Å². The van der Waals surface area contributed by atoms with E-state index in [9.17, 15) is 9.50 Å². The van der Waals surface area contributed by atoms with Gasteiger partial charge in [0, 0.05) is 6.54 Å². The smallest absolute Gasteiger partial charge is 0.166 e. The normalized spacial score (nSPS) is 12.3. The summed E-state index contributed by atoms with van der Waals surface area (Å²) in [5.74, 6) is 0.296. The molecule has 118 valence electrons. The lowest BCUT2D eigenvalue weighted by Crippen LogP contribution is -2.13. The zero-order chi connectivity index (χ0) is 16.4. The highest BCUT2D eigenvalue weighted by Gasteiger charge is 2.12. The molecule has 0 fully saturated rings. The van der Waals surface area contributed by atoms with Crippen LogP contribution in [0, 0.1) is 5.82 Å². The average molecular weight is 334 g/mol. The lowest BCUT2D eigenvalue weighted by Gasteiger charge is -2.14. The first-order valence-corrected chi connectivity index (χ1v) is 7.16. The number of hydrogen-bond acceptors (Lipinski definition) is 6. The van der Waals surface area contributed by atoms with Crippen molar-refractivity contribution in [2.24, 2.45) is 0 Å². The highest BCUT2D eigenvalue weighted by Crippen LogP contribution is 2.22. The Morgan fingerprint density at radius 3 is 2.87 bits per heavy atom. The molecule has 4 N–H and O–H groups in total. The summed E-state index contributed by atoms with van der Waals surface area (Å²) in [4.78, 5) is 12.3. The van der Waals surface area contributed by atoms with Crippen molar-refractivity contribution in [2.75, 3.05) is 17.6 Å². The second-order valence-corrected chi connectivity index (χ2v) is 5.31. The van der Waals surface area contributed by atoms with Crippen molar-refractivity contribution in [1.82, 2.24) is 15.0 Å². The molecule has 1 atom stereocenters. The highest BCUT2D eigenvalue weighted by molar-refractivity contribution is 6.30. The molecule has 0 spiro atoms. The Kier molecular flexibility index (Phi) is 4.22. The maximum absolute atomic E-state index is 13.4. The zero-order valence-electron chi connectivity index (χ0n) is 11.9. The van der Waals surface area contributed by atoms with Crippen LogP contribution in [0.1, 0.15) is 11.7 Å². The summed E-state index contributed by atoms with van der Waals surface area (Å²) in [6.07, 6.45) is 0.430. The molecule has 0 bridgehead atoms. The number of nitrogens with zero attached hydrogens (tertiary/aromatic N) is 3. The number of fused-ring (bicyclic) bond motifs is 1. The van der Waals surface area contributed by atoms with E-state index in [1.807, 2.05) is 0 Å². The van der Waals surface area contributed by atoms with Crippen molar-refractivity contribution in [3.63, 3.8) is 0 Å². The van der Waals surface area contributed by atoms with Crippen molar-refractivity contribution >= 4 is 34.3 Å². The molecule has 23 heavy (non-hydrogen) atoms. The van der Waals surface area contributed by atoms with Gasteiger partial charge in [-0.15, -0.1) is 0 Å². The number of aromatic nitrogens is 3. The van der Waals surface area contributed by atoms with E-state index in [2.05, 4.69) is 20.3 Å². The SMILES string of the molecule is Nc1ccc2c(NCC(O)c3ccc(Cl)c(F)c3)ncnc2n1. The van der Waals surface area contributed by atoms with E-state index < -0.39 is 11.9 Å². The highest BCUT2D eigenvalue weighted by atomic mass is 35.5. The second-order valence-electron chi connectivity index (χ2n) is 4.90. The number of aliphatic hydroxyl groups is 1. The van der Waals surface area contributed by atoms with Gasteiger partial charge in [-0.2, -0.15) is 0 Å². The lowest BCUT2D eigenvalue weighted by atomic mass is 10.1. The van der Waals surface area contributed by atoms with E-state index in [1.165, 1.54) is 18.5 Å². The summed E-state index contributed by atoms with van der Waals surface area (Å²) < 4.78 is 13.4. The number of nitrogens with one attached hydrogen (secondary N) is 1. The predicted octanol–water partition coefficient (Wildman–Crippen LogP) is 2.54. The summed E-state index contributed by atoms with van der Waals surface area (Å²) in [5.41, 5.74) is 6.49. The van der Waals surface area contributed by atoms with Crippen molar-refractivity contribution < 1.29 is 9.50 Å². The molecule has 3 rings (SSSR count). The lowest BCUT2D eigenvalue weighted by molar-refractivity contribution is 0.191. The predicted molar refractivity (Wildman–Crippen MR) is 86.6 cm³/mol. The van der Waals surface area contributed by atoms with E-state index in [0.717, 1.165) is 0 Å². The molecule has 3 aromatic rings. The fraction of sp³-hybridized carbons (Fsp3) is 0.133. The van der Waals surface area contributed by atoms with Gasteiger partial charge in [0.25, 0.3) is 0 Å². The van der Waals surface area contributed by atoms with Gasteiger partial charge in [0.1, 0.15) is 23.8 Å². The zero-order valence-corrected chi connectivity index (χ0v) is 12.6. The molecule has 1 aromatic carbocycles. The molecule has 0 aliphatic rings. The average Bonchev–Trinajstić information content (AvgIpc) is 2.54. The molecule has 0 saturated heterocycles. The fourth-order valence-electron chi connectivity index (χ4n) is 2.13. The monoisotopic (exact) mass is 333 g/mol. The van der Waals surface area contributed by atoms with Crippen LogP contribution in [0.5, 0.6) is 0 Å². The first kappa shape index (κ1) is 15.4. The van der Waals surface area contributed by atoms with Gasteiger partial charge in [0.15, 0.2) is 5.65 Å². The van der Waals surface area contributed by atoms with Gasteiger partial charge in [-0.1, -0.05) is 17.7 Å². The Morgan fingerprint density at radius 1 is 1.26 bits per heavy atom. The van der Waals surface area contributed by atoms with E-state index in [0.29, 0.717) is 28.2 Å². The number of halogens is 2. The molecule has 0 saturated carbocycles. The topological polar surface area (TPSA) is 97.0 Å². The van der Waals surface area contributed by atoms with Gasteiger partial charge in [-0.3, -0.25) is 0 Å². The van der Waals surface area contributed by atoms with E-state index in [4.69, 9.17) is 17.3 Å². The van der Waals surface area contributed by atoms with Crippen LogP contribution in [-0.4, -0.2) is 26.6 Å². The van der Waals surface area contributed by atoms with Crippen LogP contribution in [0.25, 0.3) is 11.0 Å². The second kappa shape index (κ2) is 6.31.